The summed E-state index contributed by atoms with van der Waals surface area (Å²) in [5, 5.41) is 5.87. The standard InChI is InChI=1S/C15H27NS/c1-4-11-16-14(8-7-13(2)3)9-10-15-6-5-12-17-15/h5-6,12-14,16H,4,7-11H2,1-3H3. The summed E-state index contributed by atoms with van der Waals surface area (Å²) in [5.41, 5.74) is 0. The number of hydrogen-bond acceptors (Lipinski definition) is 2. The van der Waals surface area contributed by atoms with Crippen molar-refractivity contribution in [2.45, 2.75) is 58.9 Å². The topological polar surface area (TPSA) is 12.0 Å². The zero-order chi connectivity index (χ0) is 12.5. The Morgan fingerprint density at radius 2 is 2.06 bits per heavy atom. The van der Waals surface area contributed by atoms with Crippen molar-refractivity contribution in [1.29, 1.82) is 0 Å². The molecule has 1 heterocycles. The van der Waals surface area contributed by atoms with Gasteiger partial charge in [-0.3, -0.25) is 0 Å². The average Bonchev–Trinajstić information content (AvgIpc) is 2.80. The molecule has 0 amide bonds. The second-order valence-electron chi connectivity index (χ2n) is 5.24. The molecule has 0 saturated carbocycles. The van der Waals surface area contributed by atoms with Gasteiger partial charge in [-0.1, -0.05) is 26.8 Å². The number of hydrogen-bond donors (Lipinski definition) is 1. The fourth-order valence-corrected chi connectivity index (χ4v) is 2.73. The van der Waals surface area contributed by atoms with Gasteiger partial charge < -0.3 is 5.32 Å². The third kappa shape index (κ3) is 6.85. The lowest BCUT2D eigenvalue weighted by molar-refractivity contribution is 0.411. The predicted molar refractivity (Wildman–Crippen MR) is 78.8 cm³/mol. The van der Waals surface area contributed by atoms with E-state index in [9.17, 15) is 0 Å². The van der Waals surface area contributed by atoms with Gasteiger partial charge in [-0.05, 0) is 56.0 Å². The summed E-state index contributed by atoms with van der Waals surface area (Å²) in [5.74, 6) is 0.822. The van der Waals surface area contributed by atoms with Crippen molar-refractivity contribution >= 4 is 11.3 Å². The minimum atomic E-state index is 0.708. The molecule has 0 spiro atoms. The van der Waals surface area contributed by atoms with Crippen LogP contribution in [-0.4, -0.2) is 12.6 Å². The largest absolute Gasteiger partial charge is 0.314 e. The van der Waals surface area contributed by atoms with Crippen molar-refractivity contribution in [2.75, 3.05) is 6.54 Å². The van der Waals surface area contributed by atoms with Crippen LogP contribution in [0.25, 0.3) is 0 Å². The van der Waals surface area contributed by atoms with E-state index in [2.05, 4.69) is 43.6 Å². The van der Waals surface area contributed by atoms with Crippen LogP contribution in [0.3, 0.4) is 0 Å². The van der Waals surface area contributed by atoms with Gasteiger partial charge in [-0.15, -0.1) is 11.3 Å². The van der Waals surface area contributed by atoms with Crippen LogP contribution in [0.2, 0.25) is 0 Å². The highest BCUT2D eigenvalue weighted by Crippen LogP contribution is 2.15. The number of thiophene rings is 1. The van der Waals surface area contributed by atoms with Crippen LogP contribution in [0.5, 0.6) is 0 Å². The maximum Gasteiger partial charge on any atom is 0.00706 e. The Bertz CT molecular complexity index is 266. The van der Waals surface area contributed by atoms with E-state index < -0.39 is 0 Å². The third-order valence-electron chi connectivity index (χ3n) is 3.09. The summed E-state index contributed by atoms with van der Waals surface area (Å²) in [6, 6.07) is 5.12. The van der Waals surface area contributed by atoms with E-state index in [1.165, 1.54) is 37.0 Å². The van der Waals surface area contributed by atoms with Gasteiger partial charge >= 0.3 is 0 Å². The molecule has 1 aromatic heterocycles. The highest BCUT2D eigenvalue weighted by atomic mass is 32.1. The summed E-state index contributed by atoms with van der Waals surface area (Å²) >= 11 is 1.89. The summed E-state index contributed by atoms with van der Waals surface area (Å²) in [7, 11) is 0. The molecule has 0 radical (unpaired) electrons. The minimum absolute atomic E-state index is 0.708. The van der Waals surface area contributed by atoms with Gasteiger partial charge in [0.15, 0.2) is 0 Å². The molecular weight excluding hydrogens is 226 g/mol. The Morgan fingerprint density at radius 1 is 1.24 bits per heavy atom. The van der Waals surface area contributed by atoms with Crippen molar-refractivity contribution < 1.29 is 0 Å². The van der Waals surface area contributed by atoms with Gasteiger partial charge in [0.25, 0.3) is 0 Å². The maximum absolute atomic E-state index is 3.69. The SMILES string of the molecule is CCCNC(CCc1cccs1)CCC(C)C. The molecule has 2 heteroatoms. The molecule has 0 aliphatic carbocycles. The first-order chi connectivity index (χ1) is 8.22. The number of nitrogens with one attached hydrogen (secondary N) is 1. The molecule has 0 bridgehead atoms. The monoisotopic (exact) mass is 253 g/mol. The molecule has 1 rings (SSSR count). The van der Waals surface area contributed by atoms with Crippen molar-refractivity contribution in [3.8, 4) is 0 Å². The first-order valence-corrected chi connectivity index (χ1v) is 7.86. The van der Waals surface area contributed by atoms with Crippen molar-refractivity contribution in [2.24, 2.45) is 5.92 Å². The van der Waals surface area contributed by atoms with E-state index in [1.807, 2.05) is 11.3 Å². The second kappa shape index (κ2) is 8.71. The molecule has 0 aromatic carbocycles. The van der Waals surface area contributed by atoms with Crippen LogP contribution < -0.4 is 5.32 Å². The van der Waals surface area contributed by atoms with Gasteiger partial charge in [0.1, 0.15) is 0 Å². The van der Waals surface area contributed by atoms with E-state index in [4.69, 9.17) is 0 Å². The lowest BCUT2D eigenvalue weighted by Gasteiger charge is -2.19. The van der Waals surface area contributed by atoms with E-state index in [1.54, 1.807) is 0 Å². The molecule has 1 N–H and O–H groups in total. The molecule has 0 aliphatic heterocycles. The second-order valence-corrected chi connectivity index (χ2v) is 6.27. The average molecular weight is 253 g/mol. The smallest absolute Gasteiger partial charge is 0.00706 e. The molecule has 0 saturated heterocycles. The van der Waals surface area contributed by atoms with Crippen LogP contribution in [0.4, 0.5) is 0 Å². The van der Waals surface area contributed by atoms with Crippen LogP contribution in [0.1, 0.15) is 51.3 Å². The molecule has 17 heavy (non-hydrogen) atoms. The molecule has 1 nitrogen and oxygen atoms in total. The van der Waals surface area contributed by atoms with E-state index in [0.717, 1.165) is 12.5 Å². The van der Waals surface area contributed by atoms with Gasteiger partial charge in [0.2, 0.25) is 0 Å². The van der Waals surface area contributed by atoms with Crippen molar-refractivity contribution in [1.82, 2.24) is 5.32 Å². The Kier molecular flexibility index (Phi) is 7.54. The van der Waals surface area contributed by atoms with Crippen LogP contribution in [0, 0.1) is 5.92 Å². The van der Waals surface area contributed by atoms with Gasteiger partial charge in [0.05, 0.1) is 0 Å². The fourth-order valence-electron chi connectivity index (χ4n) is 2.00. The number of aryl methyl sites for hydroxylation is 1. The van der Waals surface area contributed by atoms with E-state index in [-0.39, 0.29) is 0 Å². The lowest BCUT2D eigenvalue weighted by Crippen LogP contribution is -2.30. The van der Waals surface area contributed by atoms with Gasteiger partial charge in [-0.25, -0.2) is 0 Å². The Morgan fingerprint density at radius 3 is 2.65 bits per heavy atom. The van der Waals surface area contributed by atoms with Crippen LogP contribution in [0.15, 0.2) is 17.5 Å². The molecule has 98 valence electrons. The van der Waals surface area contributed by atoms with E-state index in [0.29, 0.717) is 6.04 Å². The highest BCUT2D eigenvalue weighted by Gasteiger charge is 2.09. The first kappa shape index (κ1) is 14.7. The fraction of sp³-hybridized carbons (Fsp3) is 0.733. The van der Waals surface area contributed by atoms with Crippen LogP contribution in [-0.2, 0) is 6.42 Å². The first-order valence-electron chi connectivity index (χ1n) is 6.98. The zero-order valence-corrected chi connectivity index (χ0v) is 12.4. The maximum atomic E-state index is 3.69. The van der Waals surface area contributed by atoms with Crippen molar-refractivity contribution in [3.05, 3.63) is 22.4 Å². The van der Waals surface area contributed by atoms with Crippen LogP contribution >= 0.6 is 11.3 Å². The minimum Gasteiger partial charge on any atom is -0.314 e. The van der Waals surface area contributed by atoms with E-state index >= 15 is 0 Å². The molecule has 0 aliphatic rings. The molecule has 1 aromatic rings. The molecule has 1 unspecified atom stereocenters. The zero-order valence-electron chi connectivity index (χ0n) is 11.5. The molecule has 1 atom stereocenters. The quantitative estimate of drug-likeness (QED) is 0.684. The normalized spacial score (nSPS) is 13.2. The Balaban J connectivity index is 2.28. The van der Waals surface area contributed by atoms with Gasteiger partial charge in [0, 0.05) is 10.9 Å². The predicted octanol–water partition coefficient (Wildman–Crippen LogP) is 4.49. The number of rotatable bonds is 9. The molecule has 0 fully saturated rings. The Hall–Kier alpha value is -0.340. The highest BCUT2D eigenvalue weighted by molar-refractivity contribution is 7.09. The summed E-state index contributed by atoms with van der Waals surface area (Å²) in [6.45, 7) is 8.03. The third-order valence-corrected chi connectivity index (χ3v) is 4.03. The lowest BCUT2D eigenvalue weighted by atomic mass is 9.99. The summed E-state index contributed by atoms with van der Waals surface area (Å²) in [4.78, 5) is 1.53. The van der Waals surface area contributed by atoms with Gasteiger partial charge in [-0.2, -0.15) is 0 Å². The van der Waals surface area contributed by atoms with Crippen molar-refractivity contribution in [3.63, 3.8) is 0 Å². The Labute approximate surface area is 111 Å². The molecular formula is C15H27NS. The summed E-state index contributed by atoms with van der Waals surface area (Å²) < 4.78 is 0. The summed E-state index contributed by atoms with van der Waals surface area (Å²) in [6.07, 6.45) is 6.41.